The molecule has 19 N–H and O–H groups in total. The molecule has 7 rings (SSSR count). The molecule has 107 heavy (non-hydrogen) atoms. The van der Waals surface area contributed by atoms with Gasteiger partial charge in [-0.25, -0.2) is 9.37 Å². The molecule has 1 aliphatic rings. The topological polar surface area (TPSA) is 498 Å². The minimum atomic E-state index is -2.26. The Morgan fingerprint density at radius 3 is 1.76 bits per heavy atom. The number of H-pyrrole nitrogens is 1. The summed E-state index contributed by atoms with van der Waals surface area (Å²) < 4.78 is 15.5. The number of carbonyl (C=O) groups excluding carboxylic acids is 10. The van der Waals surface area contributed by atoms with Crippen molar-refractivity contribution >= 4 is 71.0 Å². The normalized spacial score (nSPS) is 17.0. The van der Waals surface area contributed by atoms with E-state index in [4.69, 9.17) is 11.5 Å². The number of halogens is 1. The van der Waals surface area contributed by atoms with E-state index >= 15 is 4.39 Å². The second-order valence-corrected chi connectivity index (χ2v) is 27.2. The van der Waals surface area contributed by atoms with Crippen molar-refractivity contribution in [1.82, 2.24) is 62.7 Å². The number of nitrogens with two attached hydrogens (primary N) is 2. The zero-order chi connectivity index (χ0) is 78.3. The molecule has 1 fully saturated rings. The number of hydrogen-bond acceptors (Lipinski definition) is 18. The number of carbonyl (C=O) groups is 12. The van der Waals surface area contributed by atoms with Crippen LogP contribution in [-0.2, 0) is 83.2 Å². The Balaban J connectivity index is 1.03. The number of nitrogens with one attached hydrogen (secondary N) is 10. The summed E-state index contributed by atoms with van der Waals surface area (Å²) in [7, 11) is 0. The molecule has 2 unspecified atom stereocenters. The highest BCUT2D eigenvalue weighted by atomic mass is 19.1. The third-order valence-corrected chi connectivity index (χ3v) is 18.5. The number of hydrogen-bond donors (Lipinski definition) is 17. The van der Waals surface area contributed by atoms with Crippen molar-refractivity contribution < 1.29 is 87.5 Å². The van der Waals surface area contributed by atoms with Gasteiger partial charge in [-0.3, -0.25) is 57.5 Å². The number of aliphatic carboxylic acids is 2. The molecule has 31 nitrogen and oxygen atoms in total. The number of primary amides is 1. The van der Waals surface area contributed by atoms with Gasteiger partial charge in [0.1, 0.15) is 52.6 Å². The second-order valence-electron chi connectivity index (χ2n) is 27.2. The number of aromatic amines is 1. The van der Waals surface area contributed by atoms with Crippen LogP contribution in [-0.4, -0.2) is 209 Å². The lowest BCUT2D eigenvalue weighted by Crippen LogP contribution is -2.66. The molecule has 1 aromatic heterocycles. The summed E-state index contributed by atoms with van der Waals surface area (Å²) in [6, 6.07) is 27.1. The quantitative estimate of drug-likeness (QED) is 0.0235. The number of nitrogens with zero attached hydrogens (tertiary/aromatic N) is 2. The summed E-state index contributed by atoms with van der Waals surface area (Å²) in [5.41, 5.74) is 11.3. The zero-order valence-corrected chi connectivity index (χ0v) is 59.8. The molecule has 5 aromatic carbocycles. The predicted molar refractivity (Wildman–Crippen MR) is 387 cm³/mol. The van der Waals surface area contributed by atoms with Crippen LogP contribution in [0.4, 0.5) is 4.39 Å². The van der Waals surface area contributed by atoms with Gasteiger partial charge in [0, 0.05) is 51.4 Å². The predicted octanol–water partition coefficient (Wildman–Crippen LogP) is -0.311. The number of aliphatic hydroxyl groups excluding tert-OH is 3. The first-order chi connectivity index (χ1) is 50.7. The maximum Gasteiger partial charge on any atom is 0.305 e. The Bertz CT molecular complexity index is 4100. The largest absolute Gasteiger partial charge is 0.481 e. The van der Waals surface area contributed by atoms with Crippen molar-refractivity contribution in [2.75, 3.05) is 26.2 Å². The van der Waals surface area contributed by atoms with Gasteiger partial charge in [0.15, 0.2) is 0 Å². The van der Waals surface area contributed by atoms with Crippen molar-refractivity contribution in [3.05, 3.63) is 174 Å². The monoisotopic (exact) mass is 1480 g/mol. The van der Waals surface area contributed by atoms with Crippen molar-refractivity contribution in [1.29, 1.82) is 0 Å². The Morgan fingerprint density at radius 1 is 0.636 bits per heavy atom. The minimum Gasteiger partial charge on any atom is -0.481 e. The van der Waals surface area contributed by atoms with Crippen LogP contribution in [0, 0.1) is 5.82 Å². The van der Waals surface area contributed by atoms with Gasteiger partial charge in [-0.1, -0.05) is 127 Å². The Hall–Kier alpha value is -11.3. The van der Waals surface area contributed by atoms with Crippen LogP contribution in [0.3, 0.4) is 0 Å². The minimum absolute atomic E-state index is 0.0418. The van der Waals surface area contributed by atoms with Crippen molar-refractivity contribution in [2.24, 2.45) is 11.5 Å². The van der Waals surface area contributed by atoms with Crippen LogP contribution >= 0.6 is 0 Å². The summed E-state index contributed by atoms with van der Waals surface area (Å²) in [6.07, 6.45) is -2.92. The number of carboxylic acid groups (broad SMARTS) is 2. The molecule has 0 spiro atoms. The van der Waals surface area contributed by atoms with E-state index in [-0.39, 0.29) is 37.8 Å². The molecule has 572 valence electrons. The maximum atomic E-state index is 15.5. The second kappa shape index (κ2) is 38.1. The first kappa shape index (κ1) is 83.0. The Morgan fingerprint density at radius 2 is 1.21 bits per heavy atom. The van der Waals surface area contributed by atoms with Gasteiger partial charge in [0.05, 0.1) is 55.9 Å². The number of rotatable bonds is 39. The van der Waals surface area contributed by atoms with E-state index in [2.05, 4.69) is 57.8 Å². The summed E-state index contributed by atoms with van der Waals surface area (Å²) in [4.78, 5) is 173. The smallest absolute Gasteiger partial charge is 0.305 e. The lowest BCUT2D eigenvalue weighted by molar-refractivity contribution is -0.146. The lowest BCUT2D eigenvalue weighted by Gasteiger charge is -2.36. The number of aliphatic hydroxyl groups is 3. The van der Waals surface area contributed by atoms with E-state index in [0.717, 1.165) is 42.2 Å². The van der Waals surface area contributed by atoms with E-state index in [1.165, 1.54) is 50.2 Å². The molecule has 0 saturated carbocycles. The van der Waals surface area contributed by atoms with Crippen molar-refractivity contribution in [3.63, 3.8) is 0 Å². The van der Waals surface area contributed by atoms with E-state index < -0.39 is 193 Å². The lowest BCUT2D eigenvalue weighted by atomic mass is 9.89. The van der Waals surface area contributed by atoms with Crippen LogP contribution in [0.25, 0.3) is 22.3 Å². The molecule has 0 radical (unpaired) electrons. The average Bonchev–Trinajstić information content (AvgIpc) is 1.72. The number of carboxylic acids is 2. The van der Waals surface area contributed by atoms with Gasteiger partial charge >= 0.3 is 11.9 Å². The summed E-state index contributed by atoms with van der Waals surface area (Å²) in [5.74, 6) is -13.9. The fourth-order valence-electron chi connectivity index (χ4n) is 12.3. The van der Waals surface area contributed by atoms with Crippen LogP contribution in [0.15, 0.2) is 146 Å². The van der Waals surface area contributed by atoms with Crippen LogP contribution in [0.2, 0.25) is 0 Å². The van der Waals surface area contributed by atoms with Gasteiger partial charge in [0.25, 0.3) is 0 Å². The molecule has 32 heteroatoms. The fourth-order valence-corrected chi connectivity index (χ4v) is 12.3. The molecular formula is C75H93FN14O17. The van der Waals surface area contributed by atoms with E-state index in [0.29, 0.717) is 23.2 Å². The van der Waals surface area contributed by atoms with Gasteiger partial charge in [-0.2, -0.15) is 0 Å². The first-order valence-electron chi connectivity index (χ1n) is 34.7. The maximum absolute atomic E-state index is 15.5. The Labute approximate surface area is 616 Å². The fraction of sp³-hybridized carbons (Fsp3) is 0.400. The number of amides is 10. The molecule has 0 aliphatic carbocycles. The third-order valence-electron chi connectivity index (χ3n) is 18.5. The third kappa shape index (κ3) is 23.3. The molecule has 1 saturated heterocycles. The summed E-state index contributed by atoms with van der Waals surface area (Å²) in [5, 5.41) is 74.6. The SMILES string of the molecule is C[C@@H](O)[C@H](NC(=O)CNC(=O)[C@H](CCC(=O)O)NC(=O)[C@]1(C)CCCN1C(=O)[C@@H](N)Cc1c[nH]cn1)C(=O)NC(C)(Cc1ccccc1F)C(=O)N[C@H](CN[C@@H](CO)C(=O)N[C@@H](CC(=O)O)C(=O)NC(C)(Cc1ccc(-c2ccccc2)cc1)C(=O)N[C@@H](Cc1ccc(-c2ccccc2)cc1)C(N)=O)[C@@H](C)O. The molecule has 10 amide bonds. The van der Waals surface area contributed by atoms with E-state index in [9.17, 15) is 83.1 Å². The average molecular weight is 1480 g/mol. The van der Waals surface area contributed by atoms with Gasteiger partial charge in [-0.15, -0.1) is 0 Å². The standard InChI is InChI=1S/C75H93FN14O17/c1-43(92)58(39-80-59(41-91)66(101)83-57(35-62(97)98)67(102)88-73(3,36-46-23-27-50(28-24-46)48-17-10-7-11-18-48)70(105)85-56(64(78)99)33-45-21-25-49(26-22-45)47-15-8-6-9-16-47)86-71(106)74(4,37-51-19-12-13-20-53(51)76)89-68(103)63(44(2)93)87-60(94)40-81-65(100)55(29-30-61(95)96)84-72(107)75(5)31-14-32-90(75)69(104)54(77)34-52-38-79-42-82-52/h6-13,15-28,38,42-44,54-59,63,80,91-93H,14,29-37,39-41,77H2,1-5H3,(H2,78,99)(H,79,82)(H,81,100)(H,83,101)(H,84,107)(H,85,105)(H,86,106)(H,87,94)(H,88,102)(H,89,103)(H,95,96)(H,97,98)/t43-,44-,54+,55+,56+,57+,58-,59+,63+,73?,74?,75+/m1/s1. The number of imidazole rings is 1. The molecule has 2 heterocycles. The van der Waals surface area contributed by atoms with Gasteiger partial charge in [-0.05, 0) is 98.9 Å². The highest BCUT2D eigenvalue weighted by Crippen LogP contribution is 2.31. The summed E-state index contributed by atoms with van der Waals surface area (Å²) in [6.45, 7) is 3.80. The molecule has 12 atom stereocenters. The van der Waals surface area contributed by atoms with Crippen molar-refractivity contribution in [3.8, 4) is 22.3 Å². The molecule has 6 aromatic rings. The van der Waals surface area contributed by atoms with Gasteiger partial charge < -0.3 is 94.7 Å². The van der Waals surface area contributed by atoms with Gasteiger partial charge in [0.2, 0.25) is 59.1 Å². The first-order valence-corrected chi connectivity index (χ1v) is 34.7. The highest BCUT2D eigenvalue weighted by molar-refractivity contribution is 6.00. The van der Waals surface area contributed by atoms with Crippen LogP contribution < -0.4 is 59.3 Å². The number of likely N-dealkylation sites (tertiary alicyclic amines) is 1. The van der Waals surface area contributed by atoms with E-state index in [1.54, 1.807) is 42.6 Å². The van der Waals surface area contributed by atoms with E-state index in [1.807, 2.05) is 72.8 Å². The number of aromatic nitrogens is 2. The van der Waals surface area contributed by atoms with Crippen molar-refractivity contribution in [2.45, 2.75) is 164 Å². The van der Waals surface area contributed by atoms with Crippen LogP contribution in [0.1, 0.15) is 89.1 Å². The summed E-state index contributed by atoms with van der Waals surface area (Å²) >= 11 is 0. The molecule has 0 bridgehead atoms. The molecular weight excluding hydrogens is 1390 g/mol. The number of benzene rings is 5. The highest BCUT2D eigenvalue weighted by Gasteiger charge is 2.48. The van der Waals surface area contributed by atoms with Crippen LogP contribution in [0.5, 0.6) is 0 Å². The molecule has 1 aliphatic heterocycles. The Kier molecular flexibility index (Phi) is 29.5. The zero-order valence-electron chi connectivity index (χ0n) is 59.8.